The van der Waals surface area contributed by atoms with Crippen molar-refractivity contribution in [3.8, 4) is 0 Å². The van der Waals surface area contributed by atoms with Crippen LogP contribution in [0, 0.1) is 28.6 Å². The Balaban J connectivity index is 1.72. The van der Waals surface area contributed by atoms with E-state index in [0.717, 1.165) is 18.8 Å². The predicted molar refractivity (Wildman–Crippen MR) is 88.7 cm³/mol. The van der Waals surface area contributed by atoms with Gasteiger partial charge in [0.1, 0.15) is 0 Å². The maximum Gasteiger partial charge on any atom is 0.308 e. The number of fused-ring (bicyclic) bond motifs is 3. The zero-order chi connectivity index (χ0) is 16.7. The molecule has 2 saturated carbocycles. The minimum absolute atomic E-state index is 0.0783. The molecule has 0 aromatic carbocycles. The predicted octanol–water partition coefficient (Wildman–Crippen LogP) is 4.69. The molecule has 4 aliphatic rings. The number of carbonyl (C=O) groups excluding carboxylic acids is 1. The summed E-state index contributed by atoms with van der Waals surface area (Å²) >= 11 is 0. The van der Waals surface area contributed by atoms with Crippen LogP contribution in [0.15, 0.2) is 0 Å². The molecule has 2 aliphatic carbocycles. The second-order valence-electron chi connectivity index (χ2n) is 10.0. The van der Waals surface area contributed by atoms with Crippen molar-refractivity contribution >= 4 is 5.97 Å². The van der Waals surface area contributed by atoms with Gasteiger partial charge in [0.05, 0.1) is 12.0 Å². The fraction of sp³-hybridized carbons (Fsp3) is 0.950. The van der Waals surface area contributed by atoms with Gasteiger partial charge in [-0.1, -0.05) is 34.1 Å². The van der Waals surface area contributed by atoms with Gasteiger partial charge in [0.25, 0.3) is 0 Å². The SMILES string of the molecule is C[C@@H]1CC(=O)O[C@@]12CC1[C@@](C)(CC[C@H]3C(C)(C)CCC[C@]13C)O2. The fourth-order valence-corrected chi connectivity index (χ4v) is 7.00. The van der Waals surface area contributed by atoms with Crippen LogP contribution >= 0.6 is 0 Å². The van der Waals surface area contributed by atoms with Crippen molar-refractivity contribution < 1.29 is 14.3 Å². The molecule has 4 rings (SSSR count). The van der Waals surface area contributed by atoms with Crippen LogP contribution < -0.4 is 0 Å². The summed E-state index contributed by atoms with van der Waals surface area (Å²) < 4.78 is 12.4. The Kier molecular flexibility index (Phi) is 3.14. The molecule has 6 atom stereocenters. The summed E-state index contributed by atoms with van der Waals surface area (Å²) in [6.45, 7) is 11.8. The first kappa shape index (κ1) is 15.9. The number of carbonyl (C=O) groups is 1. The van der Waals surface area contributed by atoms with Crippen molar-refractivity contribution in [2.24, 2.45) is 28.6 Å². The quantitative estimate of drug-likeness (QED) is 0.608. The minimum Gasteiger partial charge on any atom is -0.433 e. The Bertz CT molecular complexity index is 541. The standard InChI is InChI=1S/C20H32O3/c1-13-11-16(21)22-20(13)12-15-18(4)9-6-8-17(2,3)14(18)7-10-19(15,5)23-20/h13-15H,6-12H2,1-5H3/t13-,14+,15?,18+,19-,20-/m1/s1. The Morgan fingerprint density at radius 3 is 2.43 bits per heavy atom. The summed E-state index contributed by atoms with van der Waals surface area (Å²) in [6.07, 6.45) is 7.71. The molecule has 4 fully saturated rings. The van der Waals surface area contributed by atoms with E-state index in [4.69, 9.17) is 9.47 Å². The maximum absolute atomic E-state index is 11.9. The third-order valence-corrected chi connectivity index (χ3v) is 8.14. The molecule has 0 radical (unpaired) electrons. The van der Waals surface area contributed by atoms with Crippen LogP contribution in [0.1, 0.15) is 79.6 Å². The van der Waals surface area contributed by atoms with Gasteiger partial charge < -0.3 is 9.47 Å². The van der Waals surface area contributed by atoms with Gasteiger partial charge in [0, 0.05) is 12.3 Å². The van der Waals surface area contributed by atoms with E-state index >= 15 is 0 Å². The molecule has 3 heteroatoms. The summed E-state index contributed by atoms with van der Waals surface area (Å²) in [6, 6.07) is 0. The lowest BCUT2D eigenvalue weighted by Gasteiger charge is -2.60. The van der Waals surface area contributed by atoms with Gasteiger partial charge in [-0.3, -0.25) is 4.79 Å². The van der Waals surface area contributed by atoms with Gasteiger partial charge in [-0.2, -0.15) is 0 Å². The van der Waals surface area contributed by atoms with Crippen molar-refractivity contribution in [3.05, 3.63) is 0 Å². The molecular weight excluding hydrogens is 288 g/mol. The smallest absolute Gasteiger partial charge is 0.308 e. The van der Waals surface area contributed by atoms with Gasteiger partial charge >= 0.3 is 5.97 Å². The van der Waals surface area contributed by atoms with E-state index in [0.29, 0.717) is 23.2 Å². The molecule has 2 saturated heterocycles. The van der Waals surface area contributed by atoms with E-state index in [1.807, 2.05) is 0 Å². The fourth-order valence-electron chi connectivity index (χ4n) is 7.00. The monoisotopic (exact) mass is 320 g/mol. The first-order valence-corrected chi connectivity index (χ1v) is 9.53. The second kappa shape index (κ2) is 4.53. The van der Waals surface area contributed by atoms with E-state index in [-0.39, 0.29) is 17.5 Å². The van der Waals surface area contributed by atoms with Gasteiger partial charge in [0.15, 0.2) is 0 Å². The third kappa shape index (κ3) is 2.01. The van der Waals surface area contributed by atoms with Crippen LogP contribution in [0.25, 0.3) is 0 Å². The van der Waals surface area contributed by atoms with E-state index in [9.17, 15) is 4.79 Å². The highest BCUT2D eigenvalue weighted by atomic mass is 16.7. The average Bonchev–Trinajstić information content (AvgIpc) is 2.86. The van der Waals surface area contributed by atoms with Crippen LogP contribution in [0.2, 0.25) is 0 Å². The summed E-state index contributed by atoms with van der Waals surface area (Å²) in [7, 11) is 0. The lowest BCUT2D eigenvalue weighted by molar-refractivity contribution is -0.248. The normalized spacial score (nSPS) is 54.7. The zero-order valence-corrected chi connectivity index (χ0v) is 15.4. The van der Waals surface area contributed by atoms with E-state index in [1.54, 1.807) is 0 Å². The zero-order valence-electron chi connectivity index (χ0n) is 15.4. The summed E-state index contributed by atoms with van der Waals surface area (Å²) in [5.74, 6) is 0.715. The Morgan fingerprint density at radius 1 is 1.04 bits per heavy atom. The molecule has 1 spiro atoms. The highest BCUT2D eigenvalue weighted by Gasteiger charge is 2.68. The van der Waals surface area contributed by atoms with E-state index < -0.39 is 5.79 Å². The molecule has 0 N–H and O–H groups in total. The molecule has 0 amide bonds. The minimum atomic E-state index is -0.643. The van der Waals surface area contributed by atoms with Gasteiger partial charge in [-0.05, 0) is 55.3 Å². The highest BCUT2D eigenvalue weighted by molar-refractivity contribution is 5.72. The largest absolute Gasteiger partial charge is 0.433 e. The number of hydrogen-bond donors (Lipinski definition) is 0. The molecule has 0 aromatic heterocycles. The Hall–Kier alpha value is -0.570. The summed E-state index contributed by atoms with van der Waals surface area (Å²) in [4.78, 5) is 11.9. The van der Waals surface area contributed by atoms with Crippen LogP contribution in [0.3, 0.4) is 0 Å². The molecule has 0 bridgehead atoms. The van der Waals surface area contributed by atoms with Crippen molar-refractivity contribution in [3.63, 3.8) is 0 Å². The van der Waals surface area contributed by atoms with Crippen LogP contribution in [0.4, 0.5) is 0 Å². The molecule has 130 valence electrons. The van der Waals surface area contributed by atoms with Crippen molar-refractivity contribution in [2.75, 3.05) is 0 Å². The maximum atomic E-state index is 11.9. The van der Waals surface area contributed by atoms with E-state index in [1.165, 1.54) is 25.7 Å². The highest BCUT2D eigenvalue weighted by Crippen LogP contribution is 2.68. The van der Waals surface area contributed by atoms with Crippen molar-refractivity contribution in [1.29, 1.82) is 0 Å². The van der Waals surface area contributed by atoms with Crippen LogP contribution in [-0.2, 0) is 14.3 Å². The second-order valence-corrected chi connectivity index (χ2v) is 10.0. The third-order valence-electron chi connectivity index (χ3n) is 8.14. The summed E-state index contributed by atoms with van der Waals surface area (Å²) in [5.41, 5.74) is 0.604. The Labute approximate surface area is 140 Å². The summed E-state index contributed by atoms with van der Waals surface area (Å²) in [5, 5.41) is 0. The lowest BCUT2D eigenvalue weighted by atomic mass is 9.45. The molecule has 2 aliphatic heterocycles. The molecule has 2 heterocycles. The lowest BCUT2D eigenvalue weighted by Crippen LogP contribution is -2.55. The van der Waals surface area contributed by atoms with Crippen molar-refractivity contribution in [1.82, 2.24) is 0 Å². The van der Waals surface area contributed by atoms with Gasteiger partial charge in [-0.25, -0.2) is 0 Å². The molecule has 0 aromatic rings. The van der Waals surface area contributed by atoms with Crippen molar-refractivity contribution in [2.45, 2.75) is 91.0 Å². The van der Waals surface area contributed by atoms with E-state index in [2.05, 4.69) is 34.6 Å². The number of esters is 1. The Morgan fingerprint density at radius 2 is 1.78 bits per heavy atom. The molecular formula is C20H32O3. The average molecular weight is 320 g/mol. The molecule has 3 nitrogen and oxygen atoms in total. The molecule has 1 unspecified atom stereocenters. The number of hydrogen-bond acceptors (Lipinski definition) is 3. The topological polar surface area (TPSA) is 35.5 Å². The first-order valence-electron chi connectivity index (χ1n) is 9.53. The van der Waals surface area contributed by atoms with Gasteiger partial charge in [-0.15, -0.1) is 0 Å². The number of ether oxygens (including phenoxy) is 2. The molecule has 23 heavy (non-hydrogen) atoms. The van der Waals surface area contributed by atoms with Gasteiger partial charge in [0.2, 0.25) is 5.79 Å². The van der Waals surface area contributed by atoms with Crippen LogP contribution in [-0.4, -0.2) is 17.4 Å². The number of rotatable bonds is 0. The van der Waals surface area contributed by atoms with Crippen LogP contribution in [0.5, 0.6) is 0 Å². The first-order chi connectivity index (χ1) is 10.6.